The topological polar surface area (TPSA) is 55.3 Å². The SMILES string of the molecule is C=CC(=O)N(C)CCOc1ccc(-c2ncc(CCCCC)cn2)cc1. The lowest BCUT2D eigenvalue weighted by molar-refractivity contribution is -0.125. The minimum atomic E-state index is -0.112. The van der Waals surface area contributed by atoms with Gasteiger partial charge >= 0.3 is 0 Å². The van der Waals surface area contributed by atoms with Gasteiger partial charge in [0.25, 0.3) is 0 Å². The zero-order chi connectivity index (χ0) is 18.8. The summed E-state index contributed by atoms with van der Waals surface area (Å²) in [5.74, 6) is 1.36. The number of aryl methyl sites for hydroxylation is 1. The lowest BCUT2D eigenvalue weighted by atomic mass is 10.1. The highest BCUT2D eigenvalue weighted by Gasteiger charge is 2.05. The number of ether oxygens (including phenoxy) is 1. The van der Waals surface area contributed by atoms with Crippen LogP contribution in [0.25, 0.3) is 11.4 Å². The smallest absolute Gasteiger partial charge is 0.245 e. The fraction of sp³-hybridized carbons (Fsp3) is 0.381. The minimum Gasteiger partial charge on any atom is -0.492 e. The average molecular weight is 353 g/mol. The molecule has 0 aliphatic carbocycles. The highest BCUT2D eigenvalue weighted by atomic mass is 16.5. The van der Waals surface area contributed by atoms with E-state index in [1.54, 1.807) is 11.9 Å². The zero-order valence-corrected chi connectivity index (χ0v) is 15.6. The Bertz CT molecular complexity index is 696. The highest BCUT2D eigenvalue weighted by molar-refractivity contribution is 5.86. The summed E-state index contributed by atoms with van der Waals surface area (Å²) in [6.07, 6.45) is 9.78. The third-order valence-corrected chi connectivity index (χ3v) is 4.13. The van der Waals surface area contributed by atoms with Gasteiger partial charge in [-0.3, -0.25) is 4.79 Å². The summed E-state index contributed by atoms with van der Waals surface area (Å²) >= 11 is 0. The Morgan fingerprint density at radius 1 is 1.19 bits per heavy atom. The molecule has 0 aliphatic rings. The van der Waals surface area contributed by atoms with Crippen molar-refractivity contribution in [3.8, 4) is 17.1 Å². The molecule has 0 unspecified atom stereocenters. The quantitative estimate of drug-likeness (QED) is 0.480. The van der Waals surface area contributed by atoms with Crippen molar-refractivity contribution in [3.63, 3.8) is 0 Å². The minimum absolute atomic E-state index is 0.112. The van der Waals surface area contributed by atoms with Gasteiger partial charge in [0.2, 0.25) is 5.91 Å². The Hall–Kier alpha value is -2.69. The summed E-state index contributed by atoms with van der Waals surface area (Å²) in [4.78, 5) is 21.9. The van der Waals surface area contributed by atoms with Gasteiger partial charge in [-0.2, -0.15) is 0 Å². The molecule has 0 N–H and O–H groups in total. The molecule has 1 aromatic carbocycles. The van der Waals surface area contributed by atoms with Gasteiger partial charge in [0, 0.05) is 25.0 Å². The van der Waals surface area contributed by atoms with Gasteiger partial charge in [-0.1, -0.05) is 26.3 Å². The second kappa shape index (κ2) is 10.3. The maximum atomic E-state index is 11.4. The van der Waals surface area contributed by atoms with E-state index >= 15 is 0 Å². The van der Waals surface area contributed by atoms with Crippen LogP contribution in [-0.2, 0) is 11.2 Å². The first-order valence-electron chi connectivity index (χ1n) is 9.05. The number of rotatable bonds is 10. The lowest BCUT2D eigenvalue weighted by Crippen LogP contribution is -2.29. The van der Waals surface area contributed by atoms with Gasteiger partial charge in [0.15, 0.2) is 5.82 Å². The van der Waals surface area contributed by atoms with Gasteiger partial charge in [-0.05, 0) is 48.7 Å². The first-order chi connectivity index (χ1) is 12.6. The van der Waals surface area contributed by atoms with Crippen LogP contribution in [0.4, 0.5) is 0 Å². The number of hydrogen-bond donors (Lipinski definition) is 0. The molecule has 1 heterocycles. The summed E-state index contributed by atoms with van der Waals surface area (Å²) in [6, 6.07) is 7.67. The number of unbranched alkanes of at least 4 members (excludes halogenated alkanes) is 2. The van der Waals surface area contributed by atoms with E-state index in [0.717, 1.165) is 17.7 Å². The molecule has 2 rings (SSSR count). The largest absolute Gasteiger partial charge is 0.492 e. The van der Waals surface area contributed by atoms with Crippen molar-refractivity contribution >= 4 is 5.91 Å². The van der Waals surface area contributed by atoms with Crippen molar-refractivity contribution in [1.82, 2.24) is 14.9 Å². The van der Waals surface area contributed by atoms with E-state index in [2.05, 4.69) is 23.5 Å². The van der Waals surface area contributed by atoms with Crippen molar-refractivity contribution in [2.24, 2.45) is 0 Å². The van der Waals surface area contributed by atoms with E-state index < -0.39 is 0 Å². The standard InChI is InChI=1S/C21H27N3O2/c1-4-6-7-8-17-15-22-21(23-16-17)18-9-11-19(12-10-18)26-14-13-24(3)20(25)5-2/h5,9-12,15-16H,2,4,6-8,13-14H2,1,3H3. The molecule has 5 nitrogen and oxygen atoms in total. The molecule has 1 aromatic heterocycles. The van der Waals surface area contributed by atoms with Crippen LogP contribution in [0, 0.1) is 0 Å². The van der Waals surface area contributed by atoms with Crippen LogP contribution in [0.1, 0.15) is 31.7 Å². The molecule has 0 radical (unpaired) electrons. The second-order valence-corrected chi connectivity index (χ2v) is 6.21. The van der Waals surface area contributed by atoms with Crippen molar-refractivity contribution in [2.45, 2.75) is 32.6 Å². The first kappa shape index (κ1) is 19.6. The normalized spacial score (nSPS) is 10.4. The molecule has 0 bridgehead atoms. The van der Waals surface area contributed by atoms with Gasteiger partial charge in [-0.25, -0.2) is 9.97 Å². The molecular weight excluding hydrogens is 326 g/mol. The Labute approximate surface area is 155 Å². The van der Waals surface area contributed by atoms with Crippen molar-refractivity contribution in [2.75, 3.05) is 20.2 Å². The number of nitrogens with zero attached hydrogens (tertiary/aromatic N) is 3. The molecule has 0 aliphatic heterocycles. The predicted octanol–water partition coefficient (Wildman–Crippen LogP) is 3.90. The summed E-state index contributed by atoms with van der Waals surface area (Å²) < 4.78 is 5.67. The zero-order valence-electron chi connectivity index (χ0n) is 15.6. The molecule has 0 fully saturated rings. The Balaban J connectivity index is 1.86. The third-order valence-electron chi connectivity index (χ3n) is 4.13. The van der Waals surface area contributed by atoms with Crippen LogP contribution in [-0.4, -0.2) is 41.0 Å². The maximum absolute atomic E-state index is 11.4. The summed E-state index contributed by atoms with van der Waals surface area (Å²) in [5, 5.41) is 0. The Kier molecular flexibility index (Phi) is 7.80. The number of carbonyl (C=O) groups is 1. The van der Waals surface area contributed by atoms with Crippen LogP contribution in [0.15, 0.2) is 49.3 Å². The molecule has 138 valence electrons. The molecule has 5 heteroatoms. The van der Waals surface area contributed by atoms with Gasteiger partial charge in [0.05, 0.1) is 6.54 Å². The molecule has 1 amide bonds. The van der Waals surface area contributed by atoms with E-state index in [-0.39, 0.29) is 5.91 Å². The maximum Gasteiger partial charge on any atom is 0.245 e. The molecule has 0 saturated carbocycles. The number of benzene rings is 1. The van der Waals surface area contributed by atoms with Crippen LogP contribution in [0.5, 0.6) is 5.75 Å². The number of hydrogen-bond acceptors (Lipinski definition) is 4. The monoisotopic (exact) mass is 353 g/mol. The van der Waals surface area contributed by atoms with Crippen LogP contribution < -0.4 is 4.74 Å². The van der Waals surface area contributed by atoms with E-state index in [4.69, 9.17) is 4.74 Å². The van der Waals surface area contributed by atoms with Crippen LogP contribution in [0.2, 0.25) is 0 Å². The molecule has 0 atom stereocenters. The fourth-order valence-electron chi connectivity index (χ4n) is 2.48. The summed E-state index contributed by atoms with van der Waals surface area (Å²) in [5.41, 5.74) is 2.14. The molecule has 0 saturated heterocycles. The molecule has 0 spiro atoms. The molecule has 26 heavy (non-hydrogen) atoms. The second-order valence-electron chi connectivity index (χ2n) is 6.21. The number of likely N-dealkylation sites (N-methyl/N-ethyl adjacent to an activating group) is 1. The lowest BCUT2D eigenvalue weighted by Gasteiger charge is -2.15. The van der Waals surface area contributed by atoms with E-state index in [1.807, 2.05) is 36.7 Å². The Morgan fingerprint density at radius 3 is 2.50 bits per heavy atom. The van der Waals surface area contributed by atoms with Crippen LogP contribution in [0.3, 0.4) is 0 Å². The summed E-state index contributed by atoms with van der Waals surface area (Å²) in [7, 11) is 1.72. The Morgan fingerprint density at radius 2 is 1.88 bits per heavy atom. The van der Waals surface area contributed by atoms with E-state index in [9.17, 15) is 4.79 Å². The third kappa shape index (κ3) is 5.99. The molecular formula is C21H27N3O2. The summed E-state index contributed by atoms with van der Waals surface area (Å²) in [6.45, 7) is 6.60. The average Bonchev–Trinajstić information content (AvgIpc) is 2.68. The number of amides is 1. The van der Waals surface area contributed by atoms with Gasteiger partial charge in [0.1, 0.15) is 12.4 Å². The van der Waals surface area contributed by atoms with E-state index in [0.29, 0.717) is 19.0 Å². The first-order valence-corrected chi connectivity index (χ1v) is 9.05. The highest BCUT2D eigenvalue weighted by Crippen LogP contribution is 2.19. The van der Waals surface area contributed by atoms with Crippen molar-refractivity contribution < 1.29 is 9.53 Å². The van der Waals surface area contributed by atoms with Crippen molar-refractivity contribution in [3.05, 3.63) is 54.9 Å². The van der Waals surface area contributed by atoms with E-state index in [1.165, 1.54) is 30.9 Å². The van der Waals surface area contributed by atoms with Gasteiger partial charge in [-0.15, -0.1) is 0 Å². The van der Waals surface area contributed by atoms with Gasteiger partial charge < -0.3 is 9.64 Å². The molecule has 2 aromatic rings. The predicted molar refractivity (Wildman–Crippen MR) is 104 cm³/mol. The van der Waals surface area contributed by atoms with Crippen molar-refractivity contribution in [1.29, 1.82) is 0 Å². The van der Waals surface area contributed by atoms with Crippen LogP contribution >= 0.6 is 0 Å². The fourth-order valence-corrected chi connectivity index (χ4v) is 2.48. The number of carbonyl (C=O) groups excluding carboxylic acids is 1. The number of aromatic nitrogens is 2.